The first kappa shape index (κ1) is 9.63. The van der Waals surface area contributed by atoms with E-state index in [-0.39, 0.29) is 12.3 Å². The zero-order chi connectivity index (χ0) is 8.69. The van der Waals surface area contributed by atoms with Crippen molar-refractivity contribution < 1.29 is 4.79 Å². The summed E-state index contributed by atoms with van der Waals surface area (Å²) in [6.07, 6.45) is 1.46. The molecule has 0 aliphatic rings. The third-order valence-corrected chi connectivity index (χ3v) is 0.802. The van der Waals surface area contributed by atoms with Crippen molar-refractivity contribution >= 4 is 12.1 Å². The van der Waals surface area contributed by atoms with Crippen LogP contribution in [0.2, 0.25) is 0 Å². The zero-order valence-electron chi connectivity index (χ0n) is 6.66. The number of carbonyl (C=O) groups is 1. The lowest BCUT2D eigenvalue weighted by Crippen LogP contribution is -2.16. The fourth-order valence-electron chi connectivity index (χ4n) is 0.370. The van der Waals surface area contributed by atoms with Crippen molar-refractivity contribution in [1.29, 1.82) is 5.26 Å². The van der Waals surface area contributed by atoms with E-state index in [2.05, 4.69) is 10.5 Å². The Morgan fingerprint density at radius 3 is 2.91 bits per heavy atom. The number of hydrazone groups is 1. The lowest BCUT2D eigenvalue weighted by molar-refractivity contribution is -0.120. The summed E-state index contributed by atoms with van der Waals surface area (Å²) in [4.78, 5) is 10.6. The quantitative estimate of drug-likeness (QED) is 0.478. The molecular weight excluding hydrogens is 142 g/mol. The van der Waals surface area contributed by atoms with Crippen LogP contribution in [0, 0.1) is 17.2 Å². The highest BCUT2D eigenvalue weighted by molar-refractivity contribution is 5.78. The lowest BCUT2D eigenvalue weighted by atomic mass is 10.3. The van der Waals surface area contributed by atoms with E-state index in [0.717, 1.165) is 0 Å². The van der Waals surface area contributed by atoms with E-state index >= 15 is 0 Å². The molecule has 0 fully saturated rings. The number of hydrogen-bond donors (Lipinski definition) is 1. The SMILES string of the molecule is CC(C)/C=N/NC(=O)CC#N. The fraction of sp³-hybridized carbons (Fsp3) is 0.571. The third kappa shape index (κ3) is 6.52. The van der Waals surface area contributed by atoms with Gasteiger partial charge in [0.15, 0.2) is 0 Å². The van der Waals surface area contributed by atoms with Crippen LogP contribution in [-0.4, -0.2) is 12.1 Å². The van der Waals surface area contributed by atoms with Gasteiger partial charge in [0, 0.05) is 6.21 Å². The average Bonchev–Trinajstić information content (AvgIpc) is 1.87. The summed E-state index contributed by atoms with van der Waals surface area (Å²) >= 11 is 0. The number of hydrogen-bond acceptors (Lipinski definition) is 3. The van der Waals surface area contributed by atoms with Gasteiger partial charge in [0.25, 0.3) is 5.91 Å². The molecule has 0 bridgehead atoms. The molecule has 0 heterocycles. The Morgan fingerprint density at radius 1 is 1.82 bits per heavy atom. The van der Waals surface area contributed by atoms with Gasteiger partial charge in [0.1, 0.15) is 6.42 Å². The van der Waals surface area contributed by atoms with E-state index in [9.17, 15) is 4.79 Å². The minimum absolute atomic E-state index is 0.143. The molecule has 0 aliphatic carbocycles. The Hall–Kier alpha value is -1.37. The maximum Gasteiger partial charge on any atom is 0.254 e. The van der Waals surface area contributed by atoms with Gasteiger partial charge in [-0.2, -0.15) is 10.4 Å². The summed E-state index contributed by atoms with van der Waals surface area (Å²) in [5.74, 6) is -0.0678. The molecule has 0 aliphatic heterocycles. The van der Waals surface area contributed by atoms with E-state index in [1.807, 2.05) is 13.8 Å². The van der Waals surface area contributed by atoms with Crippen molar-refractivity contribution in [2.75, 3.05) is 0 Å². The van der Waals surface area contributed by atoms with Crippen molar-refractivity contribution in [1.82, 2.24) is 5.43 Å². The highest BCUT2D eigenvalue weighted by Crippen LogP contribution is 1.83. The first-order chi connectivity index (χ1) is 5.16. The molecule has 0 spiro atoms. The van der Waals surface area contributed by atoms with Gasteiger partial charge < -0.3 is 0 Å². The molecule has 0 saturated carbocycles. The minimum atomic E-state index is -0.371. The lowest BCUT2D eigenvalue weighted by Gasteiger charge is -1.94. The van der Waals surface area contributed by atoms with Crippen LogP contribution < -0.4 is 5.43 Å². The highest BCUT2D eigenvalue weighted by Gasteiger charge is 1.94. The van der Waals surface area contributed by atoms with Gasteiger partial charge in [-0.15, -0.1) is 0 Å². The molecule has 0 radical (unpaired) electrons. The number of carbonyl (C=O) groups excluding carboxylic acids is 1. The maximum absolute atomic E-state index is 10.6. The molecular formula is C7H11N3O. The number of nitriles is 1. The summed E-state index contributed by atoms with van der Waals surface area (Å²) in [6, 6.07) is 1.72. The van der Waals surface area contributed by atoms with Crippen LogP contribution in [0.1, 0.15) is 20.3 Å². The van der Waals surface area contributed by atoms with Crippen molar-refractivity contribution in [3.8, 4) is 6.07 Å². The molecule has 0 aromatic rings. The third-order valence-electron chi connectivity index (χ3n) is 0.802. The molecule has 0 aromatic heterocycles. The standard InChI is InChI=1S/C7H11N3O/c1-6(2)5-9-10-7(11)3-4-8/h5-6H,3H2,1-2H3,(H,10,11)/b9-5+. The molecule has 4 nitrogen and oxygen atoms in total. The number of nitrogens with zero attached hydrogens (tertiary/aromatic N) is 2. The number of rotatable bonds is 3. The molecule has 4 heteroatoms. The highest BCUT2D eigenvalue weighted by atomic mass is 16.2. The summed E-state index contributed by atoms with van der Waals surface area (Å²) < 4.78 is 0. The van der Waals surface area contributed by atoms with Gasteiger partial charge in [-0.1, -0.05) is 13.8 Å². The second-order valence-electron chi connectivity index (χ2n) is 2.39. The summed E-state index contributed by atoms with van der Waals surface area (Å²) in [5, 5.41) is 11.7. The van der Waals surface area contributed by atoms with Crippen LogP contribution in [0.15, 0.2) is 5.10 Å². The largest absolute Gasteiger partial charge is 0.272 e. The predicted octanol–water partition coefficient (Wildman–Crippen LogP) is 0.658. The number of nitrogens with one attached hydrogen (secondary N) is 1. The second-order valence-corrected chi connectivity index (χ2v) is 2.39. The molecule has 0 unspecified atom stereocenters. The molecule has 0 atom stereocenters. The van der Waals surface area contributed by atoms with Crippen LogP contribution in [0.4, 0.5) is 0 Å². The predicted molar refractivity (Wildman–Crippen MR) is 41.7 cm³/mol. The average molecular weight is 153 g/mol. The molecule has 1 N–H and O–H groups in total. The maximum atomic E-state index is 10.6. The normalized spacial score (nSPS) is 10.0. The van der Waals surface area contributed by atoms with Crippen molar-refractivity contribution in [2.24, 2.45) is 11.0 Å². The van der Waals surface area contributed by atoms with Crippen molar-refractivity contribution in [3.63, 3.8) is 0 Å². The Kier molecular flexibility index (Phi) is 4.74. The van der Waals surface area contributed by atoms with E-state index in [1.54, 1.807) is 12.3 Å². The van der Waals surface area contributed by atoms with E-state index in [0.29, 0.717) is 5.92 Å². The molecule has 0 saturated heterocycles. The van der Waals surface area contributed by atoms with Gasteiger partial charge in [-0.25, -0.2) is 5.43 Å². The second kappa shape index (κ2) is 5.42. The van der Waals surface area contributed by atoms with Crippen LogP contribution in [0.5, 0.6) is 0 Å². The molecule has 0 aromatic carbocycles. The van der Waals surface area contributed by atoms with Crippen LogP contribution in [-0.2, 0) is 4.79 Å². The van der Waals surface area contributed by atoms with E-state index < -0.39 is 0 Å². The first-order valence-electron chi connectivity index (χ1n) is 3.35. The number of amides is 1. The Labute approximate surface area is 65.9 Å². The van der Waals surface area contributed by atoms with Crippen molar-refractivity contribution in [2.45, 2.75) is 20.3 Å². The summed E-state index contributed by atoms with van der Waals surface area (Å²) in [6.45, 7) is 3.89. The van der Waals surface area contributed by atoms with Crippen LogP contribution >= 0.6 is 0 Å². The van der Waals surface area contributed by atoms with Crippen molar-refractivity contribution in [3.05, 3.63) is 0 Å². The van der Waals surface area contributed by atoms with E-state index in [1.165, 1.54) is 0 Å². The van der Waals surface area contributed by atoms with Crippen LogP contribution in [0.25, 0.3) is 0 Å². The zero-order valence-corrected chi connectivity index (χ0v) is 6.66. The smallest absolute Gasteiger partial charge is 0.254 e. The first-order valence-corrected chi connectivity index (χ1v) is 3.35. The molecule has 1 amide bonds. The van der Waals surface area contributed by atoms with Gasteiger partial charge in [0.05, 0.1) is 6.07 Å². The summed E-state index contributed by atoms with van der Waals surface area (Å²) in [5.41, 5.74) is 2.22. The van der Waals surface area contributed by atoms with Crippen LogP contribution in [0.3, 0.4) is 0 Å². The topological polar surface area (TPSA) is 65.2 Å². The Balaban J connectivity index is 3.55. The summed E-state index contributed by atoms with van der Waals surface area (Å²) in [7, 11) is 0. The van der Waals surface area contributed by atoms with Gasteiger partial charge in [0.2, 0.25) is 0 Å². The monoisotopic (exact) mass is 153 g/mol. The molecule has 0 rings (SSSR count). The molecule has 11 heavy (non-hydrogen) atoms. The van der Waals surface area contributed by atoms with Gasteiger partial charge in [-0.05, 0) is 5.92 Å². The van der Waals surface area contributed by atoms with Gasteiger partial charge >= 0.3 is 0 Å². The minimum Gasteiger partial charge on any atom is -0.272 e. The molecule has 60 valence electrons. The Bertz CT molecular complexity index is 190. The van der Waals surface area contributed by atoms with Gasteiger partial charge in [-0.3, -0.25) is 4.79 Å². The fourth-order valence-corrected chi connectivity index (χ4v) is 0.370. The Morgan fingerprint density at radius 2 is 2.45 bits per heavy atom. The van der Waals surface area contributed by atoms with E-state index in [4.69, 9.17) is 5.26 Å².